The molecule has 0 unspecified atom stereocenters. The minimum atomic E-state index is -0.171. The summed E-state index contributed by atoms with van der Waals surface area (Å²) < 4.78 is 5.72. The van der Waals surface area contributed by atoms with Crippen LogP contribution in [0.25, 0.3) is 0 Å². The lowest BCUT2D eigenvalue weighted by atomic mass is 10.1. The fourth-order valence-corrected chi connectivity index (χ4v) is 3.01. The molecule has 106 valence electrons. The minimum Gasteiger partial charge on any atom is -0.377 e. The first kappa shape index (κ1) is 15.6. The summed E-state index contributed by atoms with van der Waals surface area (Å²) in [6.45, 7) is 11.6. The predicted octanol–water partition coefficient (Wildman–Crippen LogP) is 1.81. The fraction of sp³-hybridized carbons (Fsp3) is 0.923. The van der Waals surface area contributed by atoms with Crippen LogP contribution in [0.5, 0.6) is 0 Å². The molecule has 0 aromatic carbocycles. The molecule has 5 heteroatoms. The third-order valence-corrected chi connectivity index (χ3v) is 4.46. The molecule has 1 heterocycles. The lowest BCUT2D eigenvalue weighted by Crippen LogP contribution is -2.53. The van der Waals surface area contributed by atoms with Crippen LogP contribution in [0.3, 0.4) is 0 Å². The molecule has 1 N–H and O–H groups in total. The van der Waals surface area contributed by atoms with Crippen LogP contribution in [0.15, 0.2) is 4.99 Å². The molecular formula is C13H27N3OS. The van der Waals surface area contributed by atoms with Gasteiger partial charge in [-0.05, 0) is 27.7 Å². The van der Waals surface area contributed by atoms with E-state index in [1.807, 2.05) is 18.8 Å². The highest BCUT2D eigenvalue weighted by atomic mass is 32.2. The van der Waals surface area contributed by atoms with E-state index in [9.17, 15) is 0 Å². The number of hydrogen-bond donors (Lipinski definition) is 1. The number of rotatable bonds is 3. The molecule has 0 aliphatic carbocycles. The van der Waals surface area contributed by atoms with E-state index in [1.165, 1.54) is 0 Å². The molecule has 0 aromatic heterocycles. The summed E-state index contributed by atoms with van der Waals surface area (Å²) in [6.07, 6.45) is 0. The summed E-state index contributed by atoms with van der Waals surface area (Å²) in [5.41, 5.74) is -0.171. The summed E-state index contributed by atoms with van der Waals surface area (Å²) in [4.78, 5) is 6.72. The number of ether oxygens (including phenoxy) is 1. The van der Waals surface area contributed by atoms with Crippen LogP contribution in [0, 0.1) is 0 Å². The van der Waals surface area contributed by atoms with Crippen LogP contribution in [-0.4, -0.2) is 60.8 Å². The van der Waals surface area contributed by atoms with E-state index in [-0.39, 0.29) is 5.60 Å². The second kappa shape index (κ2) is 6.15. The molecule has 1 aliphatic heterocycles. The lowest BCUT2D eigenvalue weighted by molar-refractivity contribution is 0.0263. The van der Waals surface area contributed by atoms with Gasteiger partial charge < -0.3 is 15.0 Å². The Kier molecular flexibility index (Phi) is 5.34. The van der Waals surface area contributed by atoms with Crippen LogP contribution < -0.4 is 5.32 Å². The number of methoxy groups -OCH3 is 1. The van der Waals surface area contributed by atoms with Crippen molar-refractivity contribution in [2.75, 3.05) is 39.5 Å². The van der Waals surface area contributed by atoms with E-state index in [1.54, 1.807) is 7.11 Å². The van der Waals surface area contributed by atoms with Crippen molar-refractivity contribution in [2.24, 2.45) is 4.99 Å². The van der Waals surface area contributed by atoms with Gasteiger partial charge in [0.05, 0.1) is 5.60 Å². The number of nitrogens with one attached hydrogen (secondary N) is 1. The van der Waals surface area contributed by atoms with Gasteiger partial charge in [0.25, 0.3) is 0 Å². The molecule has 0 aromatic rings. The predicted molar refractivity (Wildman–Crippen MR) is 80.6 cm³/mol. The van der Waals surface area contributed by atoms with Crippen LogP contribution in [0.4, 0.5) is 0 Å². The van der Waals surface area contributed by atoms with Gasteiger partial charge in [-0.3, -0.25) is 4.99 Å². The smallest absolute Gasteiger partial charge is 0.193 e. The van der Waals surface area contributed by atoms with Crippen molar-refractivity contribution in [1.82, 2.24) is 10.2 Å². The van der Waals surface area contributed by atoms with Gasteiger partial charge in [0.1, 0.15) is 0 Å². The second-order valence-electron chi connectivity index (χ2n) is 5.89. The maximum absolute atomic E-state index is 5.42. The molecule has 0 amide bonds. The first-order valence-corrected chi connectivity index (χ1v) is 7.43. The highest BCUT2D eigenvalue weighted by Gasteiger charge is 2.29. The van der Waals surface area contributed by atoms with Crippen LogP contribution in [-0.2, 0) is 4.74 Å². The van der Waals surface area contributed by atoms with E-state index in [2.05, 4.69) is 42.9 Å². The Morgan fingerprint density at radius 3 is 2.67 bits per heavy atom. The number of thioether (sulfide) groups is 1. The Morgan fingerprint density at radius 2 is 2.17 bits per heavy atom. The zero-order valence-corrected chi connectivity index (χ0v) is 13.4. The topological polar surface area (TPSA) is 36.9 Å². The molecule has 4 nitrogen and oxygen atoms in total. The summed E-state index contributed by atoms with van der Waals surface area (Å²) in [6, 6.07) is 0. The Bertz CT molecular complexity index is 303. The summed E-state index contributed by atoms with van der Waals surface area (Å²) in [5, 5.41) is 3.41. The Labute approximate surface area is 116 Å². The molecule has 0 spiro atoms. The van der Waals surface area contributed by atoms with Gasteiger partial charge in [-0.1, -0.05) is 0 Å². The van der Waals surface area contributed by atoms with Crippen LogP contribution in [0.1, 0.15) is 27.7 Å². The van der Waals surface area contributed by atoms with Crippen molar-refractivity contribution in [1.29, 1.82) is 0 Å². The Balaban J connectivity index is 2.57. The van der Waals surface area contributed by atoms with Gasteiger partial charge in [0.15, 0.2) is 5.96 Å². The zero-order chi connectivity index (χ0) is 13.8. The molecule has 1 rings (SSSR count). The SMILES string of the molecule is CN=C(NCC(C)(C)OC)N1CCSC(C)(C)C1. The molecular weight excluding hydrogens is 246 g/mol. The highest BCUT2D eigenvalue weighted by molar-refractivity contribution is 8.00. The van der Waals surface area contributed by atoms with Crippen molar-refractivity contribution < 1.29 is 4.74 Å². The number of hydrogen-bond acceptors (Lipinski definition) is 3. The molecule has 1 aliphatic rings. The summed E-state index contributed by atoms with van der Waals surface area (Å²) in [7, 11) is 3.59. The molecule has 0 atom stereocenters. The molecule has 0 bridgehead atoms. The third kappa shape index (κ3) is 4.69. The van der Waals surface area contributed by atoms with Gasteiger partial charge in [0.2, 0.25) is 0 Å². The zero-order valence-electron chi connectivity index (χ0n) is 12.5. The van der Waals surface area contributed by atoms with Crippen molar-refractivity contribution in [3.05, 3.63) is 0 Å². The maximum Gasteiger partial charge on any atom is 0.193 e. The van der Waals surface area contributed by atoms with Crippen LogP contribution >= 0.6 is 11.8 Å². The largest absolute Gasteiger partial charge is 0.377 e. The van der Waals surface area contributed by atoms with Crippen LogP contribution in [0.2, 0.25) is 0 Å². The Morgan fingerprint density at radius 1 is 1.50 bits per heavy atom. The fourth-order valence-electron chi connectivity index (χ4n) is 1.89. The van der Waals surface area contributed by atoms with E-state index in [4.69, 9.17) is 4.74 Å². The number of guanidine groups is 1. The molecule has 1 fully saturated rings. The highest BCUT2D eigenvalue weighted by Crippen LogP contribution is 2.29. The number of aliphatic imine (C=N–C) groups is 1. The summed E-state index contributed by atoms with van der Waals surface area (Å²) >= 11 is 2.03. The van der Waals surface area contributed by atoms with Gasteiger partial charge in [0, 0.05) is 44.3 Å². The van der Waals surface area contributed by atoms with Crippen molar-refractivity contribution in [2.45, 2.75) is 38.0 Å². The van der Waals surface area contributed by atoms with E-state index >= 15 is 0 Å². The quantitative estimate of drug-likeness (QED) is 0.628. The van der Waals surface area contributed by atoms with Gasteiger partial charge in [-0.15, -0.1) is 0 Å². The van der Waals surface area contributed by atoms with E-state index in [0.717, 1.165) is 31.3 Å². The van der Waals surface area contributed by atoms with Gasteiger partial charge in [-0.2, -0.15) is 11.8 Å². The normalized spacial score (nSPS) is 21.0. The first-order valence-electron chi connectivity index (χ1n) is 6.44. The average Bonchev–Trinajstić information content (AvgIpc) is 2.28. The molecule has 0 saturated carbocycles. The van der Waals surface area contributed by atoms with Gasteiger partial charge in [-0.25, -0.2) is 0 Å². The average molecular weight is 273 g/mol. The maximum atomic E-state index is 5.42. The lowest BCUT2D eigenvalue weighted by Gasteiger charge is -2.39. The Hall–Kier alpha value is -0.420. The minimum absolute atomic E-state index is 0.171. The van der Waals surface area contributed by atoms with Gasteiger partial charge >= 0.3 is 0 Å². The summed E-state index contributed by atoms with van der Waals surface area (Å²) in [5.74, 6) is 2.13. The number of nitrogens with zero attached hydrogens (tertiary/aromatic N) is 2. The monoisotopic (exact) mass is 273 g/mol. The van der Waals surface area contributed by atoms with Crippen molar-refractivity contribution in [3.8, 4) is 0 Å². The van der Waals surface area contributed by atoms with Crippen molar-refractivity contribution >= 4 is 17.7 Å². The molecule has 0 radical (unpaired) electrons. The van der Waals surface area contributed by atoms with Crippen molar-refractivity contribution in [3.63, 3.8) is 0 Å². The van der Waals surface area contributed by atoms with E-state index in [0.29, 0.717) is 4.75 Å². The molecule has 18 heavy (non-hydrogen) atoms. The second-order valence-corrected chi connectivity index (χ2v) is 7.70. The standard InChI is InChI=1S/C13H27N3OS/c1-12(2,17-6)9-15-11(14-5)16-7-8-18-13(3,4)10-16/h7-10H2,1-6H3,(H,14,15). The third-order valence-electron chi connectivity index (χ3n) is 3.16. The van der Waals surface area contributed by atoms with E-state index < -0.39 is 0 Å². The molecule has 1 saturated heterocycles. The first-order chi connectivity index (χ1) is 8.29.